The normalized spacial score (nSPS) is 20.6. The van der Waals surface area contributed by atoms with Gasteiger partial charge in [-0.3, -0.25) is 0 Å². The lowest BCUT2D eigenvalue weighted by Gasteiger charge is -2.31. The topological polar surface area (TPSA) is 17.8 Å². The molecule has 1 aliphatic heterocycles. The Hall–Kier alpha value is -2.35. The monoisotopic (exact) mass is 288 g/mol. The summed E-state index contributed by atoms with van der Waals surface area (Å²) in [6.45, 7) is 2.30. The third-order valence-corrected chi connectivity index (χ3v) is 4.81. The lowest BCUT2D eigenvalue weighted by atomic mass is 9.87. The average Bonchev–Trinajstić information content (AvgIpc) is 3.07. The minimum atomic E-state index is 0.394. The van der Waals surface area contributed by atoms with E-state index in [1.165, 1.54) is 35.2 Å². The molecule has 0 bridgehead atoms. The highest BCUT2D eigenvalue weighted by Gasteiger charge is 2.27. The van der Waals surface area contributed by atoms with Gasteiger partial charge in [0.15, 0.2) is 0 Å². The Kier molecular flexibility index (Phi) is 3.30. The smallest absolute Gasteiger partial charge is 0.0954 e. The standard InChI is InChI=1S/C20H20N2/c1-15-11-12-19(22-14-21-13-20(15)22)18-10-6-5-9-17(18)16-7-3-2-4-8-16/h2-10,13-15,19H,11-12H2,1H3. The van der Waals surface area contributed by atoms with Crippen LogP contribution in [0, 0.1) is 0 Å². The fourth-order valence-electron chi connectivity index (χ4n) is 3.63. The summed E-state index contributed by atoms with van der Waals surface area (Å²) in [5, 5.41) is 0. The van der Waals surface area contributed by atoms with Crippen LogP contribution in [0.15, 0.2) is 67.1 Å². The van der Waals surface area contributed by atoms with Crippen molar-refractivity contribution in [1.82, 2.24) is 9.55 Å². The molecule has 0 saturated heterocycles. The van der Waals surface area contributed by atoms with Crippen molar-refractivity contribution >= 4 is 0 Å². The van der Waals surface area contributed by atoms with Crippen molar-refractivity contribution in [3.05, 3.63) is 78.4 Å². The number of hydrogen-bond donors (Lipinski definition) is 0. The summed E-state index contributed by atoms with van der Waals surface area (Å²) in [7, 11) is 0. The zero-order valence-corrected chi connectivity index (χ0v) is 12.8. The van der Waals surface area contributed by atoms with Gasteiger partial charge in [-0.25, -0.2) is 4.98 Å². The van der Waals surface area contributed by atoms with Crippen LogP contribution in [0.5, 0.6) is 0 Å². The first kappa shape index (κ1) is 13.3. The summed E-state index contributed by atoms with van der Waals surface area (Å²) in [4.78, 5) is 4.40. The van der Waals surface area contributed by atoms with Gasteiger partial charge in [0.25, 0.3) is 0 Å². The molecule has 3 aromatic rings. The van der Waals surface area contributed by atoms with Gasteiger partial charge in [-0.15, -0.1) is 0 Å². The molecule has 22 heavy (non-hydrogen) atoms. The molecule has 0 fully saturated rings. The maximum atomic E-state index is 4.40. The van der Waals surface area contributed by atoms with E-state index < -0.39 is 0 Å². The van der Waals surface area contributed by atoms with E-state index in [1.54, 1.807) is 0 Å². The average molecular weight is 288 g/mol. The van der Waals surface area contributed by atoms with Crippen molar-refractivity contribution in [3.63, 3.8) is 0 Å². The molecular weight excluding hydrogens is 268 g/mol. The number of aromatic nitrogens is 2. The number of fused-ring (bicyclic) bond motifs is 1. The molecule has 0 saturated carbocycles. The van der Waals surface area contributed by atoms with Crippen molar-refractivity contribution in [2.45, 2.75) is 31.7 Å². The Morgan fingerprint density at radius 3 is 2.59 bits per heavy atom. The first-order valence-corrected chi connectivity index (χ1v) is 8.00. The molecule has 0 spiro atoms. The molecule has 0 radical (unpaired) electrons. The molecule has 2 nitrogen and oxygen atoms in total. The van der Waals surface area contributed by atoms with Gasteiger partial charge in [-0.2, -0.15) is 0 Å². The van der Waals surface area contributed by atoms with Crippen LogP contribution in [0.3, 0.4) is 0 Å². The molecule has 1 aliphatic rings. The molecule has 2 aromatic carbocycles. The summed E-state index contributed by atoms with van der Waals surface area (Å²) in [6, 6.07) is 19.9. The molecule has 0 aliphatic carbocycles. The summed E-state index contributed by atoms with van der Waals surface area (Å²) < 4.78 is 2.37. The molecule has 2 unspecified atom stereocenters. The predicted octanol–water partition coefficient (Wildman–Crippen LogP) is 5.04. The van der Waals surface area contributed by atoms with Gasteiger partial charge in [0.2, 0.25) is 0 Å². The van der Waals surface area contributed by atoms with E-state index >= 15 is 0 Å². The predicted molar refractivity (Wildman–Crippen MR) is 89.9 cm³/mol. The summed E-state index contributed by atoms with van der Waals surface area (Å²) in [5.74, 6) is 0.600. The summed E-state index contributed by atoms with van der Waals surface area (Å²) in [5.41, 5.74) is 5.39. The fraction of sp³-hybridized carbons (Fsp3) is 0.250. The van der Waals surface area contributed by atoms with E-state index in [2.05, 4.69) is 71.1 Å². The fourth-order valence-corrected chi connectivity index (χ4v) is 3.63. The van der Waals surface area contributed by atoms with E-state index in [0.29, 0.717) is 12.0 Å². The van der Waals surface area contributed by atoms with E-state index in [0.717, 1.165) is 0 Å². The van der Waals surface area contributed by atoms with E-state index in [1.807, 2.05) is 12.5 Å². The number of hydrogen-bond acceptors (Lipinski definition) is 1. The molecule has 0 amide bonds. The van der Waals surface area contributed by atoms with Gasteiger partial charge in [-0.05, 0) is 35.4 Å². The second-order valence-corrected chi connectivity index (χ2v) is 6.17. The first-order chi connectivity index (χ1) is 10.8. The summed E-state index contributed by atoms with van der Waals surface area (Å²) >= 11 is 0. The van der Waals surface area contributed by atoms with Gasteiger partial charge in [0.05, 0.1) is 12.4 Å². The third-order valence-electron chi connectivity index (χ3n) is 4.81. The first-order valence-electron chi connectivity index (χ1n) is 8.00. The van der Waals surface area contributed by atoms with Gasteiger partial charge < -0.3 is 4.57 Å². The van der Waals surface area contributed by atoms with E-state index in [9.17, 15) is 0 Å². The Bertz CT molecular complexity index is 773. The number of rotatable bonds is 2. The molecule has 0 N–H and O–H groups in total. The van der Waals surface area contributed by atoms with Gasteiger partial charge in [0.1, 0.15) is 0 Å². The van der Waals surface area contributed by atoms with Gasteiger partial charge in [-0.1, -0.05) is 61.5 Å². The highest BCUT2D eigenvalue weighted by molar-refractivity contribution is 5.68. The van der Waals surface area contributed by atoms with Crippen LogP contribution < -0.4 is 0 Å². The van der Waals surface area contributed by atoms with Crippen LogP contribution in [-0.2, 0) is 0 Å². The second-order valence-electron chi connectivity index (χ2n) is 6.17. The van der Waals surface area contributed by atoms with Crippen LogP contribution in [0.25, 0.3) is 11.1 Å². The number of imidazole rings is 1. The Morgan fingerprint density at radius 2 is 1.73 bits per heavy atom. The van der Waals surface area contributed by atoms with Crippen molar-refractivity contribution in [2.24, 2.45) is 0 Å². The van der Waals surface area contributed by atoms with Crippen molar-refractivity contribution in [3.8, 4) is 11.1 Å². The Balaban J connectivity index is 1.84. The largest absolute Gasteiger partial charge is 0.327 e. The molecule has 2 heteroatoms. The second kappa shape index (κ2) is 5.45. The van der Waals surface area contributed by atoms with E-state index in [-0.39, 0.29) is 0 Å². The summed E-state index contributed by atoms with van der Waals surface area (Å²) in [6.07, 6.45) is 6.42. The highest BCUT2D eigenvalue weighted by atomic mass is 15.1. The van der Waals surface area contributed by atoms with Crippen LogP contribution in [-0.4, -0.2) is 9.55 Å². The molecular formula is C20H20N2. The SMILES string of the molecule is CC1CCC(c2ccccc2-c2ccccc2)n2cncc21. The van der Waals surface area contributed by atoms with Crippen LogP contribution >= 0.6 is 0 Å². The minimum absolute atomic E-state index is 0.394. The van der Waals surface area contributed by atoms with Crippen molar-refractivity contribution < 1.29 is 0 Å². The van der Waals surface area contributed by atoms with Crippen molar-refractivity contribution in [2.75, 3.05) is 0 Å². The maximum Gasteiger partial charge on any atom is 0.0954 e. The number of nitrogens with zero attached hydrogens (tertiary/aromatic N) is 2. The lowest BCUT2D eigenvalue weighted by Crippen LogP contribution is -2.20. The molecule has 2 atom stereocenters. The number of benzene rings is 2. The molecule has 4 rings (SSSR count). The Morgan fingerprint density at radius 1 is 0.955 bits per heavy atom. The molecule has 1 aromatic heterocycles. The maximum absolute atomic E-state index is 4.40. The molecule has 110 valence electrons. The van der Waals surface area contributed by atoms with E-state index in [4.69, 9.17) is 0 Å². The lowest BCUT2D eigenvalue weighted by molar-refractivity contribution is 0.417. The van der Waals surface area contributed by atoms with Gasteiger partial charge >= 0.3 is 0 Å². The Labute approximate surface area is 131 Å². The minimum Gasteiger partial charge on any atom is -0.327 e. The van der Waals surface area contributed by atoms with Crippen LogP contribution in [0.4, 0.5) is 0 Å². The van der Waals surface area contributed by atoms with Crippen molar-refractivity contribution in [1.29, 1.82) is 0 Å². The zero-order chi connectivity index (χ0) is 14.9. The van der Waals surface area contributed by atoms with Crippen LogP contribution in [0.2, 0.25) is 0 Å². The quantitative estimate of drug-likeness (QED) is 0.646. The van der Waals surface area contributed by atoms with Crippen LogP contribution in [0.1, 0.15) is 43.0 Å². The molecule has 2 heterocycles. The van der Waals surface area contributed by atoms with Gasteiger partial charge in [0, 0.05) is 11.9 Å². The highest BCUT2D eigenvalue weighted by Crippen LogP contribution is 2.39. The third kappa shape index (κ3) is 2.16. The zero-order valence-electron chi connectivity index (χ0n) is 12.8.